The van der Waals surface area contributed by atoms with E-state index in [0.29, 0.717) is 19.3 Å². The smallest absolute Gasteiger partial charge is 0.306 e. The molecule has 0 aliphatic carbocycles. The second kappa shape index (κ2) is 52.2. The van der Waals surface area contributed by atoms with Crippen molar-refractivity contribution in [3.63, 3.8) is 0 Å². The standard InChI is InChI=1S/C58H98O6/c1-4-7-10-13-16-19-22-25-28-31-33-36-39-42-45-48-51-57(60)63-54-55(64-58(61)52-49-46-43-40-37-34-30-27-24-21-18-15-12-9-6-3)53-62-56(59)50-47-44-41-38-35-32-29-26-23-20-17-14-11-8-5-2/h9,12,17-18,20-21,26-31,37,40,55H,4-8,10-11,13-16,19,22-25,32-36,38-39,41-54H2,1-3H3/b12-9-,20-17-,21-18-,29-26-,30-27-,31-28-,40-37-/t55-/m1/s1. The van der Waals surface area contributed by atoms with Crippen molar-refractivity contribution < 1.29 is 28.6 Å². The van der Waals surface area contributed by atoms with Crippen LogP contribution in [0.2, 0.25) is 0 Å². The second-order valence-electron chi connectivity index (χ2n) is 17.4. The van der Waals surface area contributed by atoms with Crippen LogP contribution in [-0.2, 0) is 28.6 Å². The highest BCUT2D eigenvalue weighted by molar-refractivity contribution is 5.71. The van der Waals surface area contributed by atoms with Gasteiger partial charge < -0.3 is 14.2 Å². The van der Waals surface area contributed by atoms with Gasteiger partial charge in [-0.25, -0.2) is 0 Å². The fourth-order valence-electron chi connectivity index (χ4n) is 7.10. The maximum atomic E-state index is 12.8. The molecule has 0 saturated heterocycles. The molecule has 6 nitrogen and oxygen atoms in total. The van der Waals surface area contributed by atoms with E-state index >= 15 is 0 Å². The maximum Gasteiger partial charge on any atom is 0.306 e. The van der Waals surface area contributed by atoms with Crippen molar-refractivity contribution in [1.29, 1.82) is 0 Å². The van der Waals surface area contributed by atoms with Crippen molar-refractivity contribution in [2.75, 3.05) is 13.2 Å². The van der Waals surface area contributed by atoms with Crippen LogP contribution < -0.4 is 0 Å². The van der Waals surface area contributed by atoms with Crippen LogP contribution in [0.25, 0.3) is 0 Å². The molecule has 0 bridgehead atoms. The molecule has 0 radical (unpaired) electrons. The fourth-order valence-corrected chi connectivity index (χ4v) is 7.10. The minimum Gasteiger partial charge on any atom is -0.462 e. The van der Waals surface area contributed by atoms with Crippen LogP contribution in [0.4, 0.5) is 0 Å². The van der Waals surface area contributed by atoms with E-state index < -0.39 is 6.10 Å². The molecular formula is C58H98O6. The van der Waals surface area contributed by atoms with E-state index in [4.69, 9.17) is 14.2 Å². The van der Waals surface area contributed by atoms with Gasteiger partial charge in [0.2, 0.25) is 0 Å². The van der Waals surface area contributed by atoms with Crippen LogP contribution >= 0.6 is 0 Å². The van der Waals surface area contributed by atoms with E-state index in [9.17, 15) is 14.4 Å². The Balaban J connectivity index is 4.49. The Morgan fingerprint density at radius 1 is 0.328 bits per heavy atom. The van der Waals surface area contributed by atoms with Crippen molar-refractivity contribution >= 4 is 17.9 Å². The number of allylic oxidation sites excluding steroid dienone is 14. The van der Waals surface area contributed by atoms with Crippen LogP contribution in [0.3, 0.4) is 0 Å². The number of ether oxygens (including phenoxy) is 3. The van der Waals surface area contributed by atoms with Gasteiger partial charge in [-0.2, -0.15) is 0 Å². The highest BCUT2D eigenvalue weighted by atomic mass is 16.6. The van der Waals surface area contributed by atoms with Gasteiger partial charge in [0.1, 0.15) is 13.2 Å². The lowest BCUT2D eigenvalue weighted by atomic mass is 10.1. The summed E-state index contributed by atoms with van der Waals surface area (Å²) < 4.78 is 16.8. The summed E-state index contributed by atoms with van der Waals surface area (Å²) >= 11 is 0. The Morgan fingerprint density at radius 2 is 0.609 bits per heavy atom. The third kappa shape index (κ3) is 49.6. The van der Waals surface area contributed by atoms with E-state index in [1.807, 2.05) is 0 Å². The molecule has 0 heterocycles. The van der Waals surface area contributed by atoms with Gasteiger partial charge >= 0.3 is 17.9 Å². The van der Waals surface area contributed by atoms with Gasteiger partial charge in [0, 0.05) is 19.3 Å². The number of hydrogen-bond acceptors (Lipinski definition) is 6. The molecule has 0 amide bonds. The third-order valence-corrected chi connectivity index (χ3v) is 11.1. The Kier molecular flexibility index (Phi) is 49.4. The quantitative estimate of drug-likeness (QED) is 0.0262. The molecule has 0 N–H and O–H groups in total. The topological polar surface area (TPSA) is 78.9 Å². The summed E-state index contributed by atoms with van der Waals surface area (Å²) in [5.74, 6) is -0.966. The van der Waals surface area contributed by atoms with E-state index in [1.165, 1.54) is 89.9 Å². The number of unbranched alkanes of at least 4 members (excludes halogenated alkanes) is 22. The first-order valence-electron chi connectivity index (χ1n) is 26.6. The van der Waals surface area contributed by atoms with Crippen LogP contribution in [0.15, 0.2) is 85.1 Å². The lowest BCUT2D eigenvalue weighted by Crippen LogP contribution is -2.30. The number of rotatable bonds is 47. The minimum absolute atomic E-state index is 0.102. The number of carbonyl (C=O) groups excluding carboxylic acids is 3. The van der Waals surface area contributed by atoms with Crippen molar-refractivity contribution in [3.05, 3.63) is 85.1 Å². The van der Waals surface area contributed by atoms with Crippen LogP contribution in [-0.4, -0.2) is 37.2 Å². The molecule has 0 saturated carbocycles. The molecule has 0 aromatic heterocycles. The summed E-state index contributed by atoms with van der Waals surface area (Å²) in [5.41, 5.74) is 0. The van der Waals surface area contributed by atoms with Crippen molar-refractivity contribution in [1.82, 2.24) is 0 Å². The average molecular weight is 891 g/mol. The maximum absolute atomic E-state index is 12.8. The minimum atomic E-state index is -0.807. The molecule has 0 spiro atoms. The zero-order valence-corrected chi connectivity index (χ0v) is 41.8. The molecule has 0 aromatic carbocycles. The van der Waals surface area contributed by atoms with Gasteiger partial charge in [-0.05, 0) is 116 Å². The molecule has 6 heteroatoms. The Morgan fingerprint density at radius 3 is 1.03 bits per heavy atom. The largest absolute Gasteiger partial charge is 0.462 e. The Labute approximate surface area is 395 Å². The highest BCUT2D eigenvalue weighted by Gasteiger charge is 2.19. The molecule has 0 aromatic rings. The van der Waals surface area contributed by atoms with E-state index in [0.717, 1.165) is 109 Å². The van der Waals surface area contributed by atoms with Gasteiger partial charge in [-0.3, -0.25) is 14.4 Å². The number of esters is 3. The van der Waals surface area contributed by atoms with Crippen molar-refractivity contribution in [2.24, 2.45) is 0 Å². The molecule has 0 unspecified atom stereocenters. The van der Waals surface area contributed by atoms with E-state index in [1.54, 1.807) is 0 Å². The lowest BCUT2D eigenvalue weighted by Gasteiger charge is -2.18. The summed E-state index contributed by atoms with van der Waals surface area (Å²) in [4.78, 5) is 38.0. The van der Waals surface area contributed by atoms with Gasteiger partial charge in [0.25, 0.3) is 0 Å². The van der Waals surface area contributed by atoms with Gasteiger partial charge in [0.15, 0.2) is 6.10 Å². The van der Waals surface area contributed by atoms with Crippen molar-refractivity contribution in [3.8, 4) is 0 Å². The zero-order valence-electron chi connectivity index (χ0n) is 41.8. The molecular weight excluding hydrogens is 793 g/mol. The Bertz CT molecular complexity index is 1250. The summed E-state index contributed by atoms with van der Waals surface area (Å²) in [6.45, 7) is 6.44. The van der Waals surface area contributed by atoms with Crippen LogP contribution in [0.5, 0.6) is 0 Å². The first kappa shape index (κ1) is 60.6. The summed E-state index contributed by atoms with van der Waals surface area (Å²) in [6, 6.07) is 0. The van der Waals surface area contributed by atoms with Crippen LogP contribution in [0, 0.1) is 0 Å². The molecule has 64 heavy (non-hydrogen) atoms. The van der Waals surface area contributed by atoms with Gasteiger partial charge in [0.05, 0.1) is 0 Å². The molecule has 0 aliphatic rings. The molecule has 0 fully saturated rings. The SMILES string of the molecule is CC/C=C\C/C=C\C/C=C\C/C=C\CCCCC(=O)O[C@H](COC(=O)CCCCCCC/C=C\C/C=C\CCCCC)COC(=O)CCCCCCC/C=C\CCCCCCCCC. The second-order valence-corrected chi connectivity index (χ2v) is 17.4. The van der Waals surface area contributed by atoms with Gasteiger partial charge in [-0.1, -0.05) is 196 Å². The monoisotopic (exact) mass is 891 g/mol. The predicted octanol–water partition coefficient (Wildman–Crippen LogP) is 17.6. The molecule has 366 valence electrons. The number of carbonyl (C=O) groups is 3. The van der Waals surface area contributed by atoms with Crippen molar-refractivity contribution in [2.45, 2.75) is 252 Å². The van der Waals surface area contributed by atoms with E-state index in [-0.39, 0.29) is 37.5 Å². The molecule has 0 aliphatic heterocycles. The fraction of sp³-hybridized carbons (Fsp3) is 0.707. The zero-order chi connectivity index (χ0) is 46.5. The first-order chi connectivity index (χ1) is 31.5. The summed E-state index contributed by atoms with van der Waals surface area (Å²) in [7, 11) is 0. The average Bonchev–Trinajstić information content (AvgIpc) is 3.29. The predicted molar refractivity (Wildman–Crippen MR) is 274 cm³/mol. The highest BCUT2D eigenvalue weighted by Crippen LogP contribution is 2.13. The molecule has 0 rings (SSSR count). The molecule has 1 atom stereocenters. The van der Waals surface area contributed by atoms with Crippen LogP contribution in [0.1, 0.15) is 245 Å². The first-order valence-corrected chi connectivity index (χ1v) is 26.6. The summed E-state index contributed by atoms with van der Waals surface area (Å²) in [6.07, 6.45) is 67.1. The normalized spacial score (nSPS) is 12.7. The third-order valence-electron chi connectivity index (χ3n) is 11.1. The van der Waals surface area contributed by atoms with Gasteiger partial charge in [-0.15, -0.1) is 0 Å². The summed E-state index contributed by atoms with van der Waals surface area (Å²) in [5, 5.41) is 0. The lowest BCUT2D eigenvalue weighted by molar-refractivity contribution is -0.167. The van der Waals surface area contributed by atoms with E-state index in [2.05, 4.69) is 106 Å². The Hall–Kier alpha value is -3.41. The number of hydrogen-bond donors (Lipinski definition) is 0.